The third-order valence-corrected chi connectivity index (χ3v) is 2.78. The number of amides is 1. The fourth-order valence-corrected chi connectivity index (χ4v) is 1.99. The third kappa shape index (κ3) is 2.54. The van der Waals surface area contributed by atoms with Crippen LogP contribution in [0.4, 0.5) is 5.69 Å². The van der Waals surface area contributed by atoms with Gasteiger partial charge in [0.15, 0.2) is 0 Å². The Bertz CT molecular complexity index is 368. The minimum absolute atomic E-state index is 0. The molecule has 3 nitrogen and oxygen atoms in total. The van der Waals surface area contributed by atoms with Crippen LogP contribution in [0.3, 0.4) is 0 Å². The molecule has 1 heterocycles. The first-order valence-corrected chi connectivity index (χ1v) is 5.41. The van der Waals surface area contributed by atoms with Crippen LogP contribution in [0, 0.1) is 0 Å². The van der Waals surface area contributed by atoms with Crippen molar-refractivity contribution >= 4 is 24.0 Å². The molecule has 2 rings (SSSR count). The van der Waals surface area contributed by atoms with Gasteiger partial charge in [-0.2, -0.15) is 0 Å². The van der Waals surface area contributed by atoms with Gasteiger partial charge >= 0.3 is 0 Å². The maximum atomic E-state index is 11.8. The number of para-hydroxylation sites is 1. The van der Waals surface area contributed by atoms with Crippen molar-refractivity contribution in [2.75, 3.05) is 18.0 Å². The standard InChI is InChI=1S/C12H16N2O.ClH/c13-8-3-6-12(15)14-9-7-10-4-1-2-5-11(10)14;/h1-2,4-5H,3,6-9,13H2;1H. The number of halogens is 1. The third-order valence-electron chi connectivity index (χ3n) is 2.78. The van der Waals surface area contributed by atoms with Gasteiger partial charge in [-0.05, 0) is 31.0 Å². The number of benzene rings is 1. The van der Waals surface area contributed by atoms with Gasteiger partial charge in [0.05, 0.1) is 0 Å². The minimum atomic E-state index is 0. The highest BCUT2D eigenvalue weighted by atomic mass is 35.5. The average molecular weight is 241 g/mol. The van der Waals surface area contributed by atoms with Crippen LogP contribution in [-0.4, -0.2) is 19.0 Å². The van der Waals surface area contributed by atoms with E-state index in [-0.39, 0.29) is 18.3 Å². The van der Waals surface area contributed by atoms with E-state index in [1.165, 1.54) is 5.56 Å². The molecule has 1 aromatic carbocycles. The van der Waals surface area contributed by atoms with E-state index in [9.17, 15) is 4.79 Å². The lowest BCUT2D eigenvalue weighted by Crippen LogP contribution is -2.29. The molecule has 2 N–H and O–H groups in total. The molecule has 0 saturated carbocycles. The van der Waals surface area contributed by atoms with Crippen LogP contribution in [-0.2, 0) is 11.2 Å². The zero-order valence-corrected chi connectivity index (χ0v) is 10.0. The van der Waals surface area contributed by atoms with E-state index in [4.69, 9.17) is 5.73 Å². The molecule has 0 bridgehead atoms. The number of nitrogens with zero attached hydrogens (tertiary/aromatic N) is 1. The summed E-state index contributed by atoms with van der Waals surface area (Å²) in [7, 11) is 0. The molecule has 0 saturated heterocycles. The number of rotatable bonds is 3. The molecule has 1 aliphatic heterocycles. The molecule has 1 aliphatic rings. The fraction of sp³-hybridized carbons (Fsp3) is 0.417. The summed E-state index contributed by atoms with van der Waals surface area (Å²) < 4.78 is 0. The number of nitrogens with two attached hydrogens (primary N) is 1. The van der Waals surface area contributed by atoms with Gasteiger partial charge in [0, 0.05) is 18.7 Å². The van der Waals surface area contributed by atoms with Crippen molar-refractivity contribution in [2.24, 2.45) is 5.73 Å². The van der Waals surface area contributed by atoms with Crippen molar-refractivity contribution in [1.82, 2.24) is 0 Å². The van der Waals surface area contributed by atoms with Crippen molar-refractivity contribution in [3.63, 3.8) is 0 Å². The summed E-state index contributed by atoms with van der Waals surface area (Å²) >= 11 is 0. The summed E-state index contributed by atoms with van der Waals surface area (Å²) in [6, 6.07) is 8.11. The van der Waals surface area contributed by atoms with Crippen molar-refractivity contribution in [3.05, 3.63) is 29.8 Å². The molecule has 0 unspecified atom stereocenters. The van der Waals surface area contributed by atoms with Gasteiger partial charge in [0.1, 0.15) is 0 Å². The highest BCUT2D eigenvalue weighted by Gasteiger charge is 2.23. The van der Waals surface area contributed by atoms with Crippen molar-refractivity contribution in [2.45, 2.75) is 19.3 Å². The lowest BCUT2D eigenvalue weighted by atomic mass is 10.2. The summed E-state index contributed by atoms with van der Waals surface area (Å²) in [6.45, 7) is 1.41. The number of hydrogen-bond acceptors (Lipinski definition) is 2. The van der Waals surface area contributed by atoms with Crippen LogP contribution in [0.5, 0.6) is 0 Å². The highest BCUT2D eigenvalue weighted by molar-refractivity contribution is 5.95. The summed E-state index contributed by atoms with van der Waals surface area (Å²) in [5.74, 6) is 0.199. The first kappa shape index (κ1) is 13.0. The van der Waals surface area contributed by atoms with Gasteiger partial charge in [-0.3, -0.25) is 4.79 Å². The summed E-state index contributed by atoms with van der Waals surface area (Å²) in [6.07, 6.45) is 2.31. The number of hydrogen-bond donors (Lipinski definition) is 1. The van der Waals surface area contributed by atoms with Gasteiger partial charge in [-0.25, -0.2) is 0 Å². The Balaban J connectivity index is 0.00000128. The van der Waals surface area contributed by atoms with E-state index in [0.717, 1.165) is 25.1 Å². The van der Waals surface area contributed by atoms with Crippen molar-refractivity contribution < 1.29 is 4.79 Å². The van der Waals surface area contributed by atoms with Crippen LogP contribution < -0.4 is 10.6 Å². The average Bonchev–Trinajstić information content (AvgIpc) is 2.69. The van der Waals surface area contributed by atoms with E-state index in [1.807, 2.05) is 23.1 Å². The van der Waals surface area contributed by atoms with E-state index in [0.29, 0.717) is 13.0 Å². The second kappa shape index (κ2) is 5.87. The molecule has 1 amide bonds. The smallest absolute Gasteiger partial charge is 0.227 e. The predicted molar refractivity (Wildman–Crippen MR) is 68.0 cm³/mol. The molecule has 0 atom stereocenters. The molecule has 88 valence electrons. The van der Waals surface area contributed by atoms with Gasteiger partial charge in [-0.15, -0.1) is 12.4 Å². The maximum absolute atomic E-state index is 11.8. The number of fused-ring (bicyclic) bond motifs is 1. The molecule has 0 radical (unpaired) electrons. The quantitative estimate of drug-likeness (QED) is 0.875. The Hall–Kier alpha value is -1.06. The van der Waals surface area contributed by atoms with Gasteiger partial charge in [0.25, 0.3) is 0 Å². The van der Waals surface area contributed by atoms with Gasteiger partial charge < -0.3 is 10.6 Å². The maximum Gasteiger partial charge on any atom is 0.227 e. The van der Waals surface area contributed by atoms with Gasteiger partial charge in [0.2, 0.25) is 5.91 Å². The predicted octanol–water partition coefficient (Wildman–Crippen LogP) is 1.74. The summed E-state index contributed by atoms with van der Waals surface area (Å²) in [5, 5.41) is 0. The summed E-state index contributed by atoms with van der Waals surface area (Å²) in [5.41, 5.74) is 7.76. The Morgan fingerprint density at radius 2 is 2.12 bits per heavy atom. The van der Waals surface area contributed by atoms with E-state index < -0.39 is 0 Å². The molecule has 0 aromatic heterocycles. The van der Waals surface area contributed by atoms with Crippen LogP contribution >= 0.6 is 12.4 Å². The number of carbonyl (C=O) groups excluding carboxylic acids is 1. The Kier molecular flexibility index (Phi) is 4.77. The molecule has 0 fully saturated rings. The molecular formula is C12H17ClN2O. The van der Waals surface area contributed by atoms with E-state index in [2.05, 4.69) is 6.07 Å². The van der Waals surface area contributed by atoms with Crippen LogP contribution in [0.1, 0.15) is 18.4 Å². The van der Waals surface area contributed by atoms with E-state index >= 15 is 0 Å². The van der Waals surface area contributed by atoms with E-state index in [1.54, 1.807) is 0 Å². The second-order valence-electron chi connectivity index (χ2n) is 3.82. The first-order valence-electron chi connectivity index (χ1n) is 5.41. The number of carbonyl (C=O) groups is 1. The normalized spacial score (nSPS) is 13.2. The largest absolute Gasteiger partial charge is 0.330 e. The minimum Gasteiger partial charge on any atom is -0.330 e. The van der Waals surface area contributed by atoms with Crippen LogP contribution in [0.2, 0.25) is 0 Å². The first-order chi connectivity index (χ1) is 7.33. The van der Waals surface area contributed by atoms with Gasteiger partial charge in [-0.1, -0.05) is 18.2 Å². The molecule has 0 spiro atoms. The van der Waals surface area contributed by atoms with Crippen molar-refractivity contribution in [1.29, 1.82) is 0 Å². The molecule has 4 heteroatoms. The molecule has 1 aromatic rings. The molecular weight excluding hydrogens is 224 g/mol. The lowest BCUT2D eigenvalue weighted by Gasteiger charge is -2.16. The zero-order valence-electron chi connectivity index (χ0n) is 9.19. The summed E-state index contributed by atoms with van der Waals surface area (Å²) in [4.78, 5) is 13.7. The SMILES string of the molecule is Cl.NCCCC(=O)N1CCc2ccccc21. The topological polar surface area (TPSA) is 46.3 Å². The molecule has 0 aliphatic carbocycles. The zero-order chi connectivity index (χ0) is 10.7. The molecule has 16 heavy (non-hydrogen) atoms. The Morgan fingerprint density at radius 3 is 2.88 bits per heavy atom. The van der Waals surface area contributed by atoms with Crippen LogP contribution in [0.25, 0.3) is 0 Å². The van der Waals surface area contributed by atoms with Crippen LogP contribution in [0.15, 0.2) is 24.3 Å². The highest BCUT2D eigenvalue weighted by Crippen LogP contribution is 2.27. The number of anilines is 1. The fourth-order valence-electron chi connectivity index (χ4n) is 1.99. The second-order valence-corrected chi connectivity index (χ2v) is 3.82. The lowest BCUT2D eigenvalue weighted by molar-refractivity contribution is -0.118. The van der Waals surface area contributed by atoms with Crippen molar-refractivity contribution in [3.8, 4) is 0 Å². The Morgan fingerprint density at radius 1 is 1.38 bits per heavy atom. The monoisotopic (exact) mass is 240 g/mol. The Labute approximate surface area is 102 Å².